The second-order valence-electron chi connectivity index (χ2n) is 7.04. The van der Waals surface area contributed by atoms with Gasteiger partial charge in [-0.3, -0.25) is 4.98 Å². The number of hydrogen-bond donors (Lipinski definition) is 0. The van der Waals surface area contributed by atoms with E-state index in [0.717, 1.165) is 21.9 Å². The summed E-state index contributed by atoms with van der Waals surface area (Å²) in [7, 11) is 0. The number of alkyl halides is 2. The monoisotopic (exact) mass is 469 g/mol. The number of fused-ring (bicyclic) bond motifs is 1. The number of pyridine rings is 1. The van der Waals surface area contributed by atoms with E-state index >= 15 is 0 Å². The van der Waals surface area contributed by atoms with E-state index in [9.17, 15) is 13.6 Å². The third kappa shape index (κ3) is 5.67. The molecule has 0 spiro atoms. The van der Waals surface area contributed by atoms with Gasteiger partial charge in [-0.05, 0) is 55.0 Å². The van der Waals surface area contributed by atoms with E-state index in [4.69, 9.17) is 9.72 Å². The quantitative estimate of drug-likeness (QED) is 0.237. The van der Waals surface area contributed by atoms with Crippen LogP contribution >= 0.6 is 11.8 Å². The molecule has 2 aromatic heterocycles. The minimum atomic E-state index is -2.85. The highest BCUT2D eigenvalue weighted by atomic mass is 32.2. The van der Waals surface area contributed by atoms with Crippen molar-refractivity contribution in [2.24, 2.45) is 0 Å². The van der Waals surface area contributed by atoms with Gasteiger partial charge in [0, 0.05) is 11.9 Å². The fourth-order valence-corrected chi connectivity index (χ4v) is 4.25. The van der Waals surface area contributed by atoms with E-state index in [1.165, 1.54) is 23.9 Å². The molecule has 0 aliphatic heterocycles. The number of aromatic nitrogens is 3. The first-order valence-corrected chi connectivity index (χ1v) is 11.3. The maximum Gasteiger partial charge on any atom is 0.387 e. The summed E-state index contributed by atoms with van der Waals surface area (Å²) in [4.78, 5) is 21.3. The van der Waals surface area contributed by atoms with Crippen LogP contribution in [0.1, 0.15) is 28.5 Å². The lowest BCUT2D eigenvalue weighted by Crippen LogP contribution is -2.05. The molecule has 0 saturated heterocycles. The number of rotatable bonds is 9. The summed E-state index contributed by atoms with van der Waals surface area (Å²) in [5, 5.41) is 0.754. The van der Waals surface area contributed by atoms with Crippen LogP contribution in [0.15, 0.2) is 72.0 Å². The number of halogens is 2. The molecule has 0 bridgehead atoms. The molecule has 9 heteroatoms. The molecular weight excluding hydrogens is 448 g/mol. The van der Waals surface area contributed by atoms with Crippen LogP contribution < -0.4 is 4.74 Å². The standard InChI is InChI=1S/C24H21F2N3O3S/c1-2-31-22(30)17-8-11-21-20(13-17)28-24(29(21)14-18-5-3-4-12-27-18)33-15-16-6-9-19(10-7-16)32-23(25)26/h3-13,23H,2,14-15H2,1H3. The van der Waals surface area contributed by atoms with E-state index in [0.29, 0.717) is 30.0 Å². The van der Waals surface area contributed by atoms with E-state index in [1.807, 2.05) is 28.8 Å². The molecule has 0 amide bonds. The van der Waals surface area contributed by atoms with Gasteiger partial charge in [-0.2, -0.15) is 8.78 Å². The smallest absolute Gasteiger partial charge is 0.387 e. The zero-order valence-electron chi connectivity index (χ0n) is 17.8. The summed E-state index contributed by atoms with van der Waals surface area (Å²) in [5.41, 5.74) is 3.81. The van der Waals surface area contributed by atoms with Crippen molar-refractivity contribution in [2.75, 3.05) is 6.61 Å². The van der Waals surface area contributed by atoms with E-state index in [-0.39, 0.29) is 11.7 Å². The SMILES string of the molecule is CCOC(=O)c1ccc2c(c1)nc(SCc1ccc(OC(F)F)cc1)n2Cc1ccccn1. The van der Waals surface area contributed by atoms with Crippen LogP contribution in [-0.2, 0) is 17.0 Å². The molecule has 170 valence electrons. The van der Waals surface area contributed by atoms with Gasteiger partial charge in [0.2, 0.25) is 0 Å². The van der Waals surface area contributed by atoms with Gasteiger partial charge in [-0.15, -0.1) is 0 Å². The van der Waals surface area contributed by atoms with Crippen LogP contribution in [0.4, 0.5) is 8.78 Å². The number of esters is 1. The summed E-state index contributed by atoms with van der Waals surface area (Å²) < 4.78 is 36.3. The van der Waals surface area contributed by atoms with Gasteiger partial charge in [-0.25, -0.2) is 9.78 Å². The van der Waals surface area contributed by atoms with Crippen molar-refractivity contribution in [3.05, 3.63) is 83.7 Å². The lowest BCUT2D eigenvalue weighted by Gasteiger charge is -2.09. The van der Waals surface area contributed by atoms with Crippen LogP contribution in [0, 0.1) is 0 Å². The average Bonchev–Trinajstić information content (AvgIpc) is 3.15. The first-order chi connectivity index (χ1) is 16.0. The van der Waals surface area contributed by atoms with Crippen LogP contribution in [0.5, 0.6) is 5.75 Å². The molecule has 2 heterocycles. The molecule has 0 N–H and O–H groups in total. The largest absolute Gasteiger partial charge is 0.462 e. The summed E-state index contributed by atoms with van der Waals surface area (Å²) >= 11 is 1.51. The molecule has 33 heavy (non-hydrogen) atoms. The zero-order valence-corrected chi connectivity index (χ0v) is 18.6. The summed E-state index contributed by atoms with van der Waals surface area (Å²) in [5.74, 6) is 0.303. The van der Waals surface area contributed by atoms with Gasteiger partial charge < -0.3 is 14.0 Å². The number of carbonyl (C=O) groups excluding carboxylic acids is 1. The topological polar surface area (TPSA) is 66.2 Å². The van der Waals surface area contributed by atoms with Gasteiger partial charge in [0.1, 0.15) is 5.75 Å². The number of ether oxygens (including phenoxy) is 2. The second-order valence-corrected chi connectivity index (χ2v) is 7.98. The summed E-state index contributed by atoms with van der Waals surface area (Å²) in [6.45, 7) is -0.276. The number of benzene rings is 2. The molecular formula is C24H21F2N3O3S. The second kappa shape index (κ2) is 10.4. The molecule has 6 nitrogen and oxygen atoms in total. The molecule has 0 aliphatic carbocycles. The summed E-state index contributed by atoms with van der Waals surface area (Å²) in [6.07, 6.45) is 1.74. The number of imidazole rings is 1. The first kappa shape index (κ1) is 22.7. The fraction of sp³-hybridized carbons (Fsp3) is 0.208. The predicted octanol–water partition coefficient (Wildman–Crippen LogP) is 5.55. The lowest BCUT2D eigenvalue weighted by atomic mass is 10.2. The Kier molecular flexibility index (Phi) is 7.19. The van der Waals surface area contributed by atoms with E-state index < -0.39 is 6.61 Å². The van der Waals surface area contributed by atoms with Crippen LogP contribution in [0.2, 0.25) is 0 Å². The van der Waals surface area contributed by atoms with E-state index in [1.54, 1.807) is 37.4 Å². The number of thioether (sulfide) groups is 1. The molecule has 0 saturated carbocycles. The number of hydrogen-bond acceptors (Lipinski definition) is 6. The fourth-order valence-electron chi connectivity index (χ4n) is 3.28. The molecule has 0 radical (unpaired) electrons. The van der Waals surface area contributed by atoms with Crippen LogP contribution in [-0.4, -0.2) is 33.7 Å². The van der Waals surface area contributed by atoms with E-state index in [2.05, 4.69) is 9.72 Å². The number of carbonyl (C=O) groups is 1. The molecule has 0 unspecified atom stereocenters. The molecule has 0 atom stereocenters. The molecule has 4 aromatic rings. The van der Waals surface area contributed by atoms with Gasteiger partial charge in [0.05, 0.1) is 35.4 Å². The van der Waals surface area contributed by atoms with Crippen molar-refractivity contribution in [1.29, 1.82) is 0 Å². The van der Waals surface area contributed by atoms with Crippen LogP contribution in [0.3, 0.4) is 0 Å². The summed E-state index contributed by atoms with van der Waals surface area (Å²) in [6, 6.07) is 17.6. The van der Waals surface area contributed by atoms with Crippen LogP contribution in [0.25, 0.3) is 11.0 Å². The van der Waals surface area contributed by atoms with Crippen molar-refractivity contribution < 1.29 is 23.0 Å². The third-order valence-electron chi connectivity index (χ3n) is 4.79. The maximum absolute atomic E-state index is 12.4. The minimum Gasteiger partial charge on any atom is -0.462 e. The first-order valence-electron chi connectivity index (χ1n) is 10.3. The van der Waals surface area contributed by atoms with Gasteiger partial charge in [-0.1, -0.05) is 30.0 Å². The molecule has 4 rings (SSSR count). The Morgan fingerprint density at radius 2 is 1.94 bits per heavy atom. The van der Waals surface area contributed by atoms with Gasteiger partial charge in [0.25, 0.3) is 0 Å². The highest BCUT2D eigenvalue weighted by Gasteiger charge is 2.16. The molecule has 0 aliphatic rings. The van der Waals surface area contributed by atoms with Crippen molar-refractivity contribution in [3.8, 4) is 5.75 Å². The van der Waals surface area contributed by atoms with Crippen molar-refractivity contribution >= 4 is 28.8 Å². The zero-order chi connectivity index (χ0) is 23.2. The Bertz CT molecular complexity index is 1230. The number of nitrogens with zero attached hydrogens (tertiary/aromatic N) is 3. The Morgan fingerprint density at radius 3 is 2.64 bits per heavy atom. The third-order valence-corrected chi connectivity index (χ3v) is 5.83. The maximum atomic E-state index is 12.4. The predicted molar refractivity (Wildman–Crippen MR) is 122 cm³/mol. The molecule has 2 aromatic carbocycles. The minimum absolute atomic E-state index is 0.118. The van der Waals surface area contributed by atoms with Crippen molar-refractivity contribution in [3.63, 3.8) is 0 Å². The highest BCUT2D eigenvalue weighted by Crippen LogP contribution is 2.29. The Balaban J connectivity index is 1.61. The highest BCUT2D eigenvalue weighted by molar-refractivity contribution is 7.98. The Morgan fingerprint density at radius 1 is 1.12 bits per heavy atom. The Hall–Kier alpha value is -3.46. The van der Waals surface area contributed by atoms with Gasteiger partial charge in [0.15, 0.2) is 5.16 Å². The van der Waals surface area contributed by atoms with Crippen molar-refractivity contribution in [2.45, 2.75) is 31.0 Å². The van der Waals surface area contributed by atoms with Gasteiger partial charge >= 0.3 is 12.6 Å². The normalized spacial score (nSPS) is 11.2. The Labute approximate surface area is 193 Å². The average molecular weight is 470 g/mol. The van der Waals surface area contributed by atoms with Crippen molar-refractivity contribution in [1.82, 2.24) is 14.5 Å². The lowest BCUT2D eigenvalue weighted by molar-refractivity contribution is -0.0498. The molecule has 0 fully saturated rings.